The maximum absolute atomic E-state index is 11.4. The first-order chi connectivity index (χ1) is 7.63. The molecule has 1 aromatic rings. The Balaban J connectivity index is 2.78. The minimum absolute atomic E-state index is 0.00798. The summed E-state index contributed by atoms with van der Waals surface area (Å²) in [7, 11) is 0. The van der Waals surface area contributed by atoms with Crippen molar-refractivity contribution in [3.05, 3.63) is 41.5 Å². The van der Waals surface area contributed by atoms with Crippen molar-refractivity contribution in [2.45, 2.75) is 19.8 Å². The molecule has 0 spiro atoms. The number of rotatable bonds is 5. The summed E-state index contributed by atoms with van der Waals surface area (Å²) in [6, 6.07) is 7.17. The van der Waals surface area contributed by atoms with Crippen LogP contribution in [0, 0.1) is 0 Å². The zero-order chi connectivity index (χ0) is 12.0. The maximum Gasteiger partial charge on any atom is 0.307 e. The molecule has 0 aliphatic rings. The summed E-state index contributed by atoms with van der Waals surface area (Å²) < 4.78 is 0. The van der Waals surface area contributed by atoms with E-state index in [1.165, 1.54) is 0 Å². The van der Waals surface area contributed by atoms with Crippen molar-refractivity contribution in [3.63, 3.8) is 0 Å². The molecule has 0 aliphatic heterocycles. The van der Waals surface area contributed by atoms with Gasteiger partial charge in [-0.25, -0.2) is 0 Å². The molecule has 0 unspecified atom stereocenters. The number of benzene rings is 1. The molecule has 3 nitrogen and oxygen atoms in total. The van der Waals surface area contributed by atoms with Gasteiger partial charge in [-0.3, -0.25) is 9.59 Å². The lowest BCUT2D eigenvalue weighted by molar-refractivity contribution is -0.135. The van der Waals surface area contributed by atoms with Crippen molar-refractivity contribution in [2.24, 2.45) is 0 Å². The number of hydrogen-bond donors (Lipinski definition) is 1. The number of carboxylic acids is 1. The summed E-state index contributed by atoms with van der Waals surface area (Å²) in [5.74, 6) is -0.773. The number of carboxylic acid groups (broad SMARTS) is 1. The van der Waals surface area contributed by atoms with Gasteiger partial charge in [0.15, 0.2) is 5.78 Å². The minimum atomic E-state index is -0.864. The van der Waals surface area contributed by atoms with Crippen LogP contribution in [0.15, 0.2) is 30.3 Å². The van der Waals surface area contributed by atoms with E-state index in [-0.39, 0.29) is 12.2 Å². The molecule has 84 valence electrons. The summed E-state index contributed by atoms with van der Waals surface area (Å²) in [5, 5.41) is 8.47. The van der Waals surface area contributed by atoms with Crippen molar-refractivity contribution >= 4 is 17.8 Å². The number of ketones is 1. The summed E-state index contributed by atoms with van der Waals surface area (Å²) in [5.41, 5.74) is 1.51. The fourth-order valence-electron chi connectivity index (χ4n) is 1.32. The van der Waals surface area contributed by atoms with Crippen LogP contribution >= 0.6 is 0 Å². The molecule has 0 radical (unpaired) electrons. The molecule has 0 aromatic heterocycles. The molecule has 0 fully saturated rings. The number of carbonyl (C=O) groups excluding carboxylic acids is 1. The van der Waals surface area contributed by atoms with Crippen molar-refractivity contribution in [1.82, 2.24) is 0 Å². The first kappa shape index (κ1) is 12.2. The third-order valence-corrected chi connectivity index (χ3v) is 2.13. The number of hydrogen-bond acceptors (Lipinski definition) is 2. The second-order valence-electron chi connectivity index (χ2n) is 3.40. The van der Waals surface area contributed by atoms with Gasteiger partial charge in [0, 0.05) is 12.0 Å². The van der Waals surface area contributed by atoms with Crippen LogP contribution in [0.25, 0.3) is 6.08 Å². The highest BCUT2D eigenvalue weighted by atomic mass is 16.4. The van der Waals surface area contributed by atoms with Gasteiger partial charge in [0.05, 0.1) is 6.42 Å². The van der Waals surface area contributed by atoms with E-state index in [1.807, 2.05) is 13.0 Å². The second-order valence-corrected chi connectivity index (χ2v) is 3.40. The Kier molecular flexibility index (Phi) is 4.45. The number of Topliss-reactive ketones (excluding diaryl/α,β-unsaturated/α-hetero) is 1. The van der Waals surface area contributed by atoms with Gasteiger partial charge in [0.25, 0.3) is 0 Å². The van der Waals surface area contributed by atoms with Crippen LogP contribution in [0.2, 0.25) is 0 Å². The topological polar surface area (TPSA) is 54.4 Å². The summed E-state index contributed by atoms with van der Waals surface area (Å²) in [6.07, 6.45) is 3.74. The van der Waals surface area contributed by atoms with Crippen LogP contribution in [0.5, 0.6) is 0 Å². The third-order valence-electron chi connectivity index (χ3n) is 2.13. The largest absolute Gasteiger partial charge is 0.481 e. The van der Waals surface area contributed by atoms with Crippen molar-refractivity contribution < 1.29 is 14.7 Å². The van der Waals surface area contributed by atoms with E-state index in [2.05, 4.69) is 0 Å². The predicted molar refractivity (Wildman–Crippen MR) is 62.4 cm³/mol. The van der Waals surface area contributed by atoms with E-state index in [4.69, 9.17) is 5.11 Å². The van der Waals surface area contributed by atoms with Crippen molar-refractivity contribution in [3.8, 4) is 0 Å². The first-order valence-electron chi connectivity index (χ1n) is 5.15. The van der Waals surface area contributed by atoms with Crippen LogP contribution in [-0.2, 0) is 4.79 Å². The standard InChI is InChI=1S/C13H14O3/c1-2-12(14)11-7-3-5-10(9-11)6-4-8-13(15)16/h3-7,9H,2,8H2,1H3,(H,15,16). The molecule has 0 saturated carbocycles. The van der Waals surface area contributed by atoms with Crippen molar-refractivity contribution in [2.75, 3.05) is 0 Å². The van der Waals surface area contributed by atoms with E-state index in [1.54, 1.807) is 30.4 Å². The Labute approximate surface area is 94.4 Å². The highest BCUT2D eigenvalue weighted by Crippen LogP contribution is 2.09. The molecule has 0 saturated heterocycles. The lowest BCUT2D eigenvalue weighted by Crippen LogP contribution is -1.96. The average molecular weight is 218 g/mol. The van der Waals surface area contributed by atoms with Crippen LogP contribution < -0.4 is 0 Å². The zero-order valence-corrected chi connectivity index (χ0v) is 9.14. The number of carbonyl (C=O) groups is 2. The normalized spacial score (nSPS) is 10.6. The highest BCUT2D eigenvalue weighted by molar-refractivity contribution is 5.96. The summed E-state index contributed by atoms with van der Waals surface area (Å²) >= 11 is 0. The lowest BCUT2D eigenvalue weighted by atomic mass is 10.1. The van der Waals surface area contributed by atoms with Crippen molar-refractivity contribution in [1.29, 1.82) is 0 Å². The van der Waals surface area contributed by atoms with Gasteiger partial charge in [0.1, 0.15) is 0 Å². The van der Waals surface area contributed by atoms with E-state index in [0.29, 0.717) is 12.0 Å². The van der Waals surface area contributed by atoms with E-state index in [9.17, 15) is 9.59 Å². The average Bonchev–Trinajstić information content (AvgIpc) is 2.28. The Bertz CT molecular complexity index is 419. The van der Waals surface area contributed by atoms with Gasteiger partial charge in [-0.1, -0.05) is 37.3 Å². The van der Waals surface area contributed by atoms with E-state index < -0.39 is 5.97 Å². The SMILES string of the molecule is CCC(=O)c1cccc(C=CCC(=O)O)c1. The maximum atomic E-state index is 11.4. The second kappa shape index (κ2) is 5.85. The van der Waals surface area contributed by atoms with Gasteiger partial charge >= 0.3 is 5.97 Å². The number of aliphatic carboxylic acids is 1. The predicted octanol–water partition coefficient (Wildman–Crippen LogP) is 2.77. The third kappa shape index (κ3) is 3.69. The summed E-state index contributed by atoms with van der Waals surface area (Å²) in [6.45, 7) is 1.81. The molecule has 0 heterocycles. The Morgan fingerprint density at radius 3 is 2.75 bits per heavy atom. The molecule has 16 heavy (non-hydrogen) atoms. The first-order valence-corrected chi connectivity index (χ1v) is 5.15. The quantitative estimate of drug-likeness (QED) is 0.773. The van der Waals surface area contributed by atoms with Crippen LogP contribution in [-0.4, -0.2) is 16.9 Å². The highest BCUT2D eigenvalue weighted by Gasteiger charge is 2.02. The molecule has 0 amide bonds. The molecule has 0 bridgehead atoms. The van der Waals surface area contributed by atoms with Crippen LogP contribution in [0.1, 0.15) is 35.7 Å². The monoisotopic (exact) mass is 218 g/mol. The minimum Gasteiger partial charge on any atom is -0.481 e. The molecule has 1 aromatic carbocycles. The van der Waals surface area contributed by atoms with Gasteiger partial charge in [-0.05, 0) is 11.6 Å². The van der Waals surface area contributed by atoms with E-state index >= 15 is 0 Å². The zero-order valence-electron chi connectivity index (χ0n) is 9.14. The molecule has 3 heteroatoms. The van der Waals surface area contributed by atoms with Gasteiger partial charge in [0.2, 0.25) is 0 Å². The van der Waals surface area contributed by atoms with Gasteiger partial charge < -0.3 is 5.11 Å². The fraction of sp³-hybridized carbons (Fsp3) is 0.231. The Morgan fingerprint density at radius 1 is 1.38 bits per heavy atom. The molecule has 1 rings (SSSR count). The Hall–Kier alpha value is -1.90. The smallest absolute Gasteiger partial charge is 0.307 e. The van der Waals surface area contributed by atoms with Gasteiger partial charge in [-0.15, -0.1) is 0 Å². The Morgan fingerprint density at radius 2 is 2.12 bits per heavy atom. The molecular weight excluding hydrogens is 204 g/mol. The molecule has 0 aliphatic carbocycles. The van der Waals surface area contributed by atoms with Crippen LogP contribution in [0.4, 0.5) is 0 Å². The lowest BCUT2D eigenvalue weighted by Gasteiger charge is -1.99. The van der Waals surface area contributed by atoms with E-state index in [0.717, 1.165) is 5.56 Å². The van der Waals surface area contributed by atoms with Crippen LogP contribution in [0.3, 0.4) is 0 Å². The fourth-order valence-corrected chi connectivity index (χ4v) is 1.32. The molecular formula is C13H14O3. The summed E-state index contributed by atoms with van der Waals surface area (Å²) in [4.78, 5) is 21.7. The van der Waals surface area contributed by atoms with Gasteiger partial charge in [-0.2, -0.15) is 0 Å². The molecule has 0 atom stereocenters. The molecule has 1 N–H and O–H groups in total.